The van der Waals surface area contributed by atoms with Crippen molar-refractivity contribution < 1.29 is 14.3 Å². The predicted octanol–water partition coefficient (Wildman–Crippen LogP) is 5.13. The molecule has 2 rings (SSSR count). The highest BCUT2D eigenvalue weighted by Gasteiger charge is 2.26. The molecule has 0 aliphatic heterocycles. The van der Waals surface area contributed by atoms with Gasteiger partial charge in [0.1, 0.15) is 16.9 Å². The van der Waals surface area contributed by atoms with E-state index in [2.05, 4.69) is 32.8 Å². The number of carbonyl (C=O) groups excluding carboxylic acids is 2. The molecule has 0 spiro atoms. The number of benzene rings is 1. The quantitative estimate of drug-likeness (QED) is 0.344. The molecule has 1 amide bonds. The third-order valence-electron chi connectivity index (χ3n) is 3.42. The minimum Gasteiger partial charge on any atom is -0.456 e. The first-order valence-corrected chi connectivity index (χ1v) is 10.3. The van der Waals surface area contributed by atoms with E-state index >= 15 is 0 Å². The van der Waals surface area contributed by atoms with E-state index in [1.807, 2.05) is 24.3 Å². The SMILES string of the molecule is C=CC=N/C=C(\N)C(=O)Nc1csc(-c2ccc(Br)cc2)c1C(=O)OC(C)(C)C. The van der Waals surface area contributed by atoms with Gasteiger partial charge in [0.05, 0.1) is 16.8 Å². The maximum atomic E-state index is 12.9. The van der Waals surface area contributed by atoms with Crippen molar-refractivity contribution in [3.63, 3.8) is 0 Å². The van der Waals surface area contributed by atoms with Crippen molar-refractivity contribution in [3.05, 3.63) is 64.2 Å². The van der Waals surface area contributed by atoms with Gasteiger partial charge in [0.15, 0.2) is 0 Å². The van der Waals surface area contributed by atoms with Crippen LogP contribution in [0.1, 0.15) is 31.1 Å². The number of nitrogens with two attached hydrogens (primary N) is 1. The zero-order valence-electron chi connectivity index (χ0n) is 16.4. The van der Waals surface area contributed by atoms with E-state index in [0.29, 0.717) is 10.6 Å². The number of nitrogens with zero attached hydrogens (tertiary/aromatic N) is 1. The van der Waals surface area contributed by atoms with Gasteiger partial charge in [-0.15, -0.1) is 11.3 Å². The molecule has 152 valence electrons. The summed E-state index contributed by atoms with van der Waals surface area (Å²) in [5, 5.41) is 4.36. The van der Waals surface area contributed by atoms with E-state index in [9.17, 15) is 9.59 Å². The van der Waals surface area contributed by atoms with Gasteiger partial charge in [0, 0.05) is 16.1 Å². The second kappa shape index (κ2) is 9.67. The molecule has 8 heteroatoms. The van der Waals surface area contributed by atoms with Crippen LogP contribution in [0.2, 0.25) is 0 Å². The molecular formula is C21H22BrN3O3S. The standard InChI is InChI=1S/C21H22BrN3O3S/c1-5-10-24-11-15(23)19(26)25-16-12-29-18(13-6-8-14(22)9-7-13)17(16)20(27)28-21(2,3)4/h5-12H,1,23H2,2-4H3,(H,25,26)/b15-11-,24-10?. The molecule has 0 radical (unpaired) electrons. The van der Waals surface area contributed by atoms with Gasteiger partial charge >= 0.3 is 5.97 Å². The predicted molar refractivity (Wildman–Crippen MR) is 122 cm³/mol. The van der Waals surface area contributed by atoms with Gasteiger partial charge in [-0.1, -0.05) is 40.7 Å². The van der Waals surface area contributed by atoms with Crippen molar-refractivity contribution in [1.29, 1.82) is 0 Å². The molecule has 0 bridgehead atoms. The lowest BCUT2D eigenvalue weighted by molar-refractivity contribution is -0.112. The average molecular weight is 476 g/mol. The molecule has 0 atom stereocenters. The molecule has 2 aromatic rings. The van der Waals surface area contributed by atoms with E-state index in [4.69, 9.17) is 10.5 Å². The van der Waals surface area contributed by atoms with E-state index in [1.54, 1.807) is 26.2 Å². The van der Waals surface area contributed by atoms with Crippen molar-refractivity contribution in [2.75, 3.05) is 5.32 Å². The Morgan fingerprint density at radius 2 is 1.93 bits per heavy atom. The third-order valence-corrected chi connectivity index (χ3v) is 4.97. The summed E-state index contributed by atoms with van der Waals surface area (Å²) in [6, 6.07) is 7.52. The molecule has 0 unspecified atom stereocenters. The van der Waals surface area contributed by atoms with Crippen molar-refractivity contribution in [1.82, 2.24) is 0 Å². The molecule has 1 aromatic heterocycles. The number of ether oxygens (including phenoxy) is 1. The van der Waals surface area contributed by atoms with Crippen LogP contribution < -0.4 is 11.1 Å². The van der Waals surface area contributed by atoms with Crippen LogP contribution in [0.4, 0.5) is 5.69 Å². The molecule has 0 saturated carbocycles. The number of esters is 1. The van der Waals surface area contributed by atoms with E-state index < -0.39 is 17.5 Å². The smallest absolute Gasteiger partial charge is 0.342 e. The lowest BCUT2D eigenvalue weighted by Gasteiger charge is -2.20. The number of carbonyl (C=O) groups is 2. The largest absolute Gasteiger partial charge is 0.456 e. The number of nitrogens with one attached hydrogen (secondary N) is 1. The Hall–Kier alpha value is -2.71. The summed E-state index contributed by atoms with van der Waals surface area (Å²) < 4.78 is 6.48. The summed E-state index contributed by atoms with van der Waals surface area (Å²) in [5.74, 6) is -1.10. The highest BCUT2D eigenvalue weighted by atomic mass is 79.9. The van der Waals surface area contributed by atoms with Crippen molar-refractivity contribution in [2.45, 2.75) is 26.4 Å². The molecular weight excluding hydrogens is 454 g/mol. The number of aliphatic imine (C=N–C) groups is 1. The van der Waals surface area contributed by atoms with Gasteiger partial charge in [0.25, 0.3) is 5.91 Å². The second-order valence-corrected chi connectivity index (χ2v) is 8.73. The Morgan fingerprint density at radius 3 is 2.52 bits per heavy atom. The summed E-state index contributed by atoms with van der Waals surface area (Å²) >= 11 is 4.73. The van der Waals surface area contributed by atoms with Crippen LogP contribution in [0, 0.1) is 0 Å². The highest BCUT2D eigenvalue weighted by Crippen LogP contribution is 2.37. The minimum absolute atomic E-state index is 0.102. The van der Waals surface area contributed by atoms with Crippen LogP contribution >= 0.6 is 27.3 Å². The Morgan fingerprint density at radius 1 is 1.28 bits per heavy atom. The highest BCUT2D eigenvalue weighted by molar-refractivity contribution is 9.10. The van der Waals surface area contributed by atoms with Gasteiger partial charge in [-0.25, -0.2) is 4.79 Å². The first kappa shape index (κ1) is 22.6. The molecule has 0 fully saturated rings. The Kier molecular flexibility index (Phi) is 7.53. The van der Waals surface area contributed by atoms with Gasteiger partial charge in [-0.05, 0) is 38.5 Å². The summed E-state index contributed by atoms with van der Waals surface area (Å²) in [6.07, 6.45) is 4.08. The fourth-order valence-corrected chi connectivity index (χ4v) is 3.49. The van der Waals surface area contributed by atoms with Crippen LogP contribution in [0.5, 0.6) is 0 Å². The Bertz CT molecular complexity index is 970. The zero-order chi connectivity index (χ0) is 21.6. The van der Waals surface area contributed by atoms with Crippen LogP contribution in [0.15, 0.2) is 63.7 Å². The van der Waals surface area contributed by atoms with E-state index in [-0.39, 0.29) is 11.3 Å². The minimum atomic E-state index is -0.685. The maximum absolute atomic E-state index is 12.9. The number of anilines is 1. The molecule has 0 aliphatic carbocycles. The summed E-state index contributed by atoms with van der Waals surface area (Å²) in [7, 11) is 0. The lowest BCUT2D eigenvalue weighted by Crippen LogP contribution is -2.25. The van der Waals surface area contributed by atoms with E-state index in [0.717, 1.165) is 10.0 Å². The van der Waals surface area contributed by atoms with Gasteiger partial charge in [0.2, 0.25) is 0 Å². The third kappa shape index (κ3) is 6.40. The van der Waals surface area contributed by atoms with Crippen LogP contribution in [-0.4, -0.2) is 23.7 Å². The topological polar surface area (TPSA) is 93.8 Å². The average Bonchev–Trinajstić information content (AvgIpc) is 3.04. The Labute approximate surface area is 182 Å². The summed E-state index contributed by atoms with van der Waals surface area (Å²) in [6.45, 7) is 8.85. The molecule has 0 saturated heterocycles. The van der Waals surface area contributed by atoms with Gasteiger partial charge in [-0.3, -0.25) is 9.79 Å². The van der Waals surface area contributed by atoms with Crippen molar-refractivity contribution >= 4 is 51.0 Å². The molecule has 0 aliphatic rings. The molecule has 3 N–H and O–H groups in total. The van der Waals surface area contributed by atoms with Crippen LogP contribution in [0.25, 0.3) is 10.4 Å². The van der Waals surface area contributed by atoms with Gasteiger partial charge in [-0.2, -0.15) is 0 Å². The molecule has 29 heavy (non-hydrogen) atoms. The van der Waals surface area contributed by atoms with Crippen molar-refractivity contribution in [3.8, 4) is 10.4 Å². The van der Waals surface area contributed by atoms with Crippen molar-refractivity contribution in [2.24, 2.45) is 10.7 Å². The number of hydrogen-bond donors (Lipinski definition) is 2. The number of hydrogen-bond acceptors (Lipinski definition) is 6. The molecule has 1 heterocycles. The summed E-state index contributed by atoms with van der Waals surface area (Å²) in [5.41, 5.74) is 6.41. The number of rotatable bonds is 6. The number of halogens is 1. The normalized spacial score (nSPS) is 12.1. The fourth-order valence-electron chi connectivity index (χ4n) is 2.23. The lowest BCUT2D eigenvalue weighted by atomic mass is 10.1. The number of allylic oxidation sites excluding steroid dienone is 1. The molecule has 1 aromatic carbocycles. The zero-order valence-corrected chi connectivity index (χ0v) is 18.8. The maximum Gasteiger partial charge on any atom is 0.342 e. The summed E-state index contributed by atoms with van der Waals surface area (Å²) in [4.78, 5) is 29.8. The monoisotopic (exact) mass is 475 g/mol. The Balaban J connectivity index is 2.44. The fraction of sp³-hybridized carbons (Fsp3) is 0.190. The molecule has 6 nitrogen and oxygen atoms in total. The number of thiophene rings is 1. The number of amides is 1. The van der Waals surface area contributed by atoms with Crippen LogP contribution in [-0.2, 0) is 9.53 Å². The van der Waals surface area contributed by atoms with Crippen LogP contribution in [0.3, 0.4) is 0 Å². The second-order valence-electron chi connectivity index (χ2n) is 6.93. The first-order valence-electron chi connectivity index (χ1n) is 8.64. The first-order chi connectivity index (χ1) is 13.6. The van der Waals surface area contributed by atoms with Gasteiger partial charge < -0.3 is 15.8 Å². The van der Waals surface area contributed by atoms with E-state index in [1.165, 1.54) is 29.8 Å².